The number of hydrogen-bond donors (Lipinski definition) is 1. The normalized spacial score (nSPS) is 18.1. The molecule has 0 spiro atoms. The molecule has 1 aromatic rings. The largest absolute Gasteiger partial charge is 0.396 e. The molecule has 0 atom stereocenters. The maximum absolute atomic E-state index is 11.5. The van der Waals surface area contributed by atoms with Gasteiger partial charge in [0.05, 0.1) is 25.0 Å². The average Bonchev–Trinajstić information content (AvgIpc) is 2.66. The van der Waals surface area contributed by atoms with Gasteiger partial charge in [-0.15, -0.1) is 0 Å². The van der Waals surface area contributed by atoms with Crippen LogP contribution in [-0.2, 0) is 11.3 Å². The van der Waals surface area contributed by atoms with Crippen LogP contribution in [-0.4, -0.2) is 58.7 Å². The van der Waals surface area contributed by atoms with Gasteiger partial charge >= 0.3 is 0 Å². The molecule has 88 valence electrons. The summed E-state index contributed by atoms with van der Waals surface area (Å²) < 4.78 is 1.80. The number of nitrogen functional groups attached to an aromatic ring is 1. The summed E-state index contributed by atoms with van der Waals surface area (Å²) in [6, 6.07) is 0. The first kappa shape index (κ1) is 10.9. The van der Waals surface area contributed by atoms with Crippen molar-refractivity contribution < 1.29 is 4.79 Å². The van der Waals surface area contributed by atoms with Crippen LogP contribution >= 0.6 is 0 Å². The molecule has 1 saturated heterocycles. The third-order valence-electron chi connectivity index (χ3n) is 2.83. The summed E-state index contributed by atoms with van der Waals surface area (Å²) in [5, 5.41) is 4.10. The van der Waals surface area contributed by atoms with E-state index >= 15 is 0 Å². The van der Waals surface area contributed by atoms with Crippen molar-refractivity contribution in [1.29, 1.82) is 0 Å². The minimum atomic E-state index is 0.186. The maximum Gasteiger partial charge on any atom is 0.236 e. The van der Waals surface area contributed by atoms with Crippen molar-refractivity contribution in [2.75, 3.05) is 39.0 Å². The van der Waals surface area contributed by atoms with Crippen LogP contribution < -0.4 is 5.73 Å². The molecule has 0 unspecified atom stereocenters. The van der Waals surface area contributed by atoms with Crippen molar-refractivity contribution in [3.05, 3.63) is 12.4 Å². The first-order valence-corrected chi connectivity index (χ1v) is 5.39. The van der Waals surface area contributed by atoms with E-state index < -0.39 is 0 Å². The first-order chi connectivity index (χ1) is 7.65. The zero-order valence-electron chi connectivity index (χ0n) is 9.46. The number of carbonyl (C=O) groups is 1. The van der Waals surface area contributed by atoms with Gasteiger partial charge in [-0.05, 0) is 0 Å². The second-order valence-electron chi connectivity index (χ2n) is 4.13. The lowest BCUT2D eigenvalue weighted by Gasteiger charge is -2.31. The molecular weight excluding hydrogens is 206 g/mol. The summed E-state index contributed by atoms with van der Waals surface area (Å²) in [5.41, 5.74) is 6.25. The van der Waals surface area contributed by atoms with E-state index in [1.165, 1.54) is 0 Å². The Bertz CT molecular complexity index is 375. The number of aromatic nitrogens is 2. The molecule has 1 aliphatic heterocycles. The van der Waals surface area contributed by atoms with Crippen LogP contribution in [0.15, 0.2) is 12.4 Å². The number of likely N-dealkylation sites (N-methyl/N-ethyl adjacent to an activating group) is 1. The zero-order valence-corrected chi connectivity index (χ0v) is 9.46. The summed E-state index contributed by atoms with van der Waals surface area (Å²) in [5.74, 6) is 0.186. The fourth-order valence-electron chi connectivity index (χ4n) is 1.74. The van der Waals surface area contributed by atoms with E-state index in [1.54, 1.807) is 22.0 Å². The van der Waals surface area contributed by atoms with E-state index in [-0.39, 0.29) is 5.91 Å². The Kier molecular flexibility index (Phi) is 3.09. The molecule has 1 fully saturated rings. The highest BCUT2D eigenvalue weighted by molar-refractivity contribution is 5.78. The third kappa shape index (κ3) is 2.52. The molecule has 0 aromatic carbocycles. The van der Waals surface area contributed by atoms with E-state index in [2.05, 4.69) is 10.00 Å². The van der Waals surface area contributed by atoms with E-state index in [0.717, 1.165) is 26.2 Å². The molecule has 1 aromatic heterocycles. The highest BCUT2D eigenvalue weighted by Crippen LogP contribution is 2.02. The molecule has 0 radical (unpaired) electrons. The number of hydrogen-bond acceptors (Lipinski definition) is 4. The number of piperazine rings is 1. The molecule has 16 heavy (non-hydrogen) atoms. The second-order valence-corrected chi connectivity index (χ2v) is 4.13. The van der Waals surface area contributed by atoms with Gasteiger partial charge in [0.1, 0.15) is 0 Å². The summed E-state index contributed by atoms with van der Waals surface area (Å²) in [7, 11) is 1.84. The molecule has 0 aliphatic carbocycles. The number of amides is 1. The Morgan fingerprint density at radius 1 is 1.44 bits per heavy atom. The predicted molar refractivity (Wildman–Crippen MR) is 60.7 cm³/mol. The number of nitrogens with zero attached hydrogens (tertiary/aromatic N) is 4. The minimum Gasteiger partial charge on any atom is -0.396 e. The van der Waals surface area contributed by atoms with Gasteiger partial charge in [-0.1, -0.05) is 0 Å². The number of anilines is 1. The third-order valence-corrected chi connectivity index (χ3v) is 2.83. The Morgan fingerprint density at radius 3 is 2.88 bits per heavy atom. The monoisotopic (exact) mass is 223 g/mol. The first-order valence-electron chi connectivity index (χ1n) is 5.39. The summed E-state index contributed by atoms with van der Waals surface area (Å²) >= 11 is 0. The standard InChI is InChI=1S/C10H17N5O/c1-13-2-3-14(8-10(13)16)4-5-15-7-9(11)6-12-15/h6-7H,2-5,8,11H2,1H3. The lowest BCUT2D eigenvalue weighted by atomic mass is 10.3. The Balaban J connectivity index is 1.80. The van der Waals surface area contributed by atoms with Gasteiger partial charge in [-0.2, -0.15) is 5.10 Å². The highest BCUT2D eigenvalue weighted by Gasteiger charge is 2.20. The van der Waals surface area contributed by atoms with Gasteiger partial charge in [0.15, 0.2) is 0 Å². The quantitative estimate of drug-likeness (QED) is 0.731. The molecule has 2 rings (SSSR count). The highest BCUT2D eigenvalue weighted by atomic mass is 16.2. The van der Waals surface area contributed by atoms with Gasteiger partial charge in [0, 0.05) is 32.9 Å². The SMILES string of the molecule is CN1CCN(CCn2cc(N)cn2)CC1=O. The van der Waals surface area contributed by atoms with E-state index in [0.29, 0.717) is 12.2 Å². The Labute approximate surface area is 94.6 Å². The Hall–Kier alpha value is -1.56. The summed E-state index contributed by atoms with van der Waals surface area (Å²) in [6.45, 7) is 3.85. The van der Waals surface area contributed by atoms with Crippen LogP contribution in [0, 0.1) is 0 Å². The van der Waals surface area contributed by atoms with Crippen LogP contribution in [0.4, 0.5) is 5.69 Å². The number of rotatable bonds is 3. The van der Waals surface area contributed by atoms with Gasteiger partial charge in [0.25, 0.3) is 0 Å². The fourth-order valence-corrected chi connectivity index (χ4v) is 1.74. The molecule has 2 N–H and O–H groups in total. The maximum atomic E-state index is 11.5. The topological polar surface area (TPSA) is 67.4 Å². The molecular formula is C10H17N5O. The minimum absolute atomic E-state index is 0.186. The van der Waals surface area contributed by atoms with Crippen LogP contribution in [0.2, 0.25) is 0 Å². The molecule has 1 amide bonds. The van der Waals surface area contributed by atoms with Crippen molar-refractivity contribution in [3.63, 3.8) is 0 Å². The van der Waals surface area contributed by atoms with Crippen LogP contribution in [0.5, 0.6) is 0 Å². The van der Waals surface area contributed by atoms with E-state index in [4.69, 9.17) is 5.73 Å². The lowest BCUT2D eigenvalue weighted by Crippen LogP contribution is -2.49. The fraction of sp³-hybridized carbons (Fsp3) is 0.600. The molecule has 6 heteroatoms. The van der Waals surface area contributed by atoms with E-state index in [9.17, 15) is 4.79 Å². The van der Waals surface area contributed by atoms with E-state index in [1.807, 2.05) is 7.05 Å². The average molecular weight is 223 g/mol. The van der Waals surface area contributed by atoms with Crippen LogP contribution in [0.3, 0.4) is 0 Å². The van der Waals surface area contributed by atoms with Gasteiger partial charge in [-0.3, -0.25) is 14.4 Å². The summed E-state index contributed by atoms with van der Waals surface area (Å²) in [4.78, 5) is 15.4. The number of carbonyl (C=O) groups excluding carboxylic acids is 1. The molecule has 6 nitrogen and oxygen atoms in total. The molecule has 0 saturated carbocycles. The van der Waals surface area contributed by atoms with Crippen molar-refractivity contribution in [1.82, 2.24) is 19.6 Å². The van der Waals surface area contributed by atoms with Crippen molar-refractivity contribution >= 4 is 11.6 Å². The van der Waals surface area contributed by atoms with Gasteiger partial charge in [-0.25, -0.2) is 0 Å². The van der Waals surface area contributed by atoms with Crippen LogP contribution in [0.25, 0.3) is 0 Å². The number of nitrogens with two attached hydrogens (primary N) is 1. The Morgan fingerprint density at radius 2 is 2.25 bits per heavy atom. The van der Waals surface area contributed by atoms with Gasteiger partial charge < -0.3 is 10.6 Å². The van der Waals surface area contributed by atoms with Crippen LogP contribution in [0.1, 0.15) is 0 Å². The lowest BCUT2D eigenvalue weighted by molar-refractivity contribution is -0.134. The molecule has 1 aliphatic rings. The van der Waals surface area contributed by atoms with Gasteiger partial charge in [0.2, 0.25) is 5.91 Å². The van der Waals surface area contributed by atoms with Crippen molar-refractivity contribution in [2.45, 2.75) is 6.54 Å². The predicted octanol–water partition coefficient (Wildman–Crippen LogP) is -0.761. The smallest absolute Gasteiger partial charge is 0.236 e. The molecule has 0 bridgehead atoms. The second kappa shape index (κ2) is 4.52. The van der Waals surface area contributed by atoms with Crippen molar-refractivity contribution in [3.8, 4) is 0 Å². The summed E-state index contributed by atoms with van der Waals surface area (Å²) in [6.07, 6.45) is 3.44. The zero-order chi connectivity index (χ0) is 11.5. The molecule has 2 heterocycles. The van der Waals surface area contributed by atoms with Crippen molar-refractivity contribution in [2.24, 2.45) is 0 Å².